The predicted molar refractivity (Wildman–Crippen MR) is 151 cm³/mol. The summed E-state index contributed by atoms with van der Waals surface area (Å²) < 4.78 is 16.7. The maximum absolute atomic E-state index is 12.9. The number of carbonyl (C=O) groups excluding carboxylic acids is 3. The van der Waals surface area contributed by atoms with Gasteiger partial charge < -0.3 is 19.5 Å². The second-order valence-corrected chi connectivity index (χ2v) is 12.4. The molecule has 8 heteroatoms. The molecule has 2 rings (SSSR count). The zero-order chi connectivity index (χ0) is 28.7. The highest BCUT2D eigenvalue weighted by Crippen LogP contribution is 2.34. The van der Waals surface area contributed by atoms with Crippen LogP contribution in [0.4, 0.5) is 0 Å². The van der Waals surface area contributed by atoms with E-state index in [1.165, 1.54) is 19.6 Å². The van der Waals surface area contributed by atoms with Crippen LogP contribution in [0.5, 0.6) is 11.5 Å². The number of carbonyl (C=O) groups is 3. The Bertz CT molecular complexity index is 1130. The van der Waals surface area contributed by atoms with Crippen LogP contribution in [0.3, 0.4) is 0 Å². The summed E-state index contributed by atoms with van der Waals surface area (Å²) in [6.45, 7) is 13.8. The lowest BCUT2D eigenvalue weighted by atomic mass is 9.86. The quantitative estimate of drug-likeness (QED) is 0.279. The fourth-order valence-corrected chi connectivity index (χ4v) is 4.14. The zero-order valence-corrected chi connectivity index (χ0v) is 25.3. The van der Waals surface area contributed by atoms with Crippen LogP contribution < -0.4 is 14.8 Å². The highest BCUT2D eigenvalue weighted by atomic mass is 79.9. The molecule has 0 aliphatic heterocycles. The third-order valence-electron chi connectivity index (χ3n) is 5.93. The topological polar surface area (TPSA) is 90.9 Å². The molecule has 0 spiro atoms. The van der Waals surface area contributed by atoms with Crippen LogP contribution in [0.1, 0.15) is 65.2 Å². The van der Waals surface area contributed by atoms with Crippen molar-refractivity contribution in [2.75, 3.05) is 20.3 Å². The molecule has 1 atom stereocenters. The van der Waals surface area contributed by atoms with E-state index < -0.39 is 11.4 Å². The molecule has 2 aromatic rings. The third-order valence-corrected chi connectivity index (χ3v) is 6.67. The number of hydrogen-bond acceptors (Lipinski definition) is 6. The molecule has 0 aliphatic rings. The van der Waals surface area contributed by atoms with Crippen molar-refractivity contribution in [2.45, 2.75) is 66.7 Å². The van der Waals surface area contributed by atoms with E-state index in [-0.39, 0.29) is 42.0 Å². The van der Waals surface area contributed by atoms with Crippen LogP contribution in [-0.2, 0) is 37.4 Å². The van der Waals surface area contributed by atoms with Crippen molar-refractivity contribution in [2.24, 2.45) is 11.3 Å². The highest BCUT2D eigenvalue weighted by Gasteiger charge is 2.25. The molecule has 0 saturated heterocycles. The normalized spacial score (nSPS) is 12.4. The van der Waals surface area contributed by atoms with Gasteiger partial charge in [0.25, 0.3) is 0 Å². The van der Waals surface area contributed by atoms with E-state index in [9.17, 15) is 14.4 Å². The Morgan fingerprint density at radius 3 is 2.13 bits per heavy atom. The molecule has 0 aliphatic carbocycles. The molecule has 38 heavy (non-hydrogen) atoms. The Morgan fingerprint density at radius 2 is 1.61 bits per heavy atom. The molecular formula is C30H40BrNO6. The van der Waals surface area contributed by atoms with Gasteiger partial charge in [0.15, 0.2) is 11.5 Å². The van der Waals surface area contributed by atoms with Crippen molar-refractivity contribution in [3.05, 3.63) is 57.6 Å². The van der Waals surface area contributed by atoms with Crippen molar-refractivity contribution in [3.63, 3.8) is 0 Å². The molecule has 1 unspecified atom stereocenters. The minimum Gasteiger partial charge on any atom is -0.493 e. The fraction of sp³-hybridized carbons (Fsp3) is 0.500. The number of hydrogen-bond donors (Lipinski definition) is 1. The van der Waals surface area contributed by atoms with E-state index in [0.717, 1.165) is 5.56 Å². The smallest absolute Gasteiger partial charge is 0.311 e. The zero-order valence-electron chi connectivity index (χ0n) is 23.7. The van der Waals surface area contributed by atoms with Gasteiger partial charge in [-0.15, -0.1) is 0 Å². The number of esters is 2. The van der Waals surface area contributed by atoms with E-state index in [1.54, 1.807) is 12.1 Å². The second kappa shape index (κ2) is 13.3. The van der Waals surface area contributed by atoms with Crippen LogP contribution in [0.15, 0.2) is 40.9 Å². The molecule has 1 N–H and O–H groups in total. The monoisotopic (exact) mass is 589 g/mol. The molecule has 0 bridgehead atoms. The number of nitrogens with one attached hydrogen (secondary N) is 1. The average Bonchev–Trinajstić information content (AvgIpc) is 2.81. The Balaban J connectivity index is 2.11. The summed E-state index contributed by atoms with van der Waals surface area (Å²) in [5.41, 5.74) is 2.49. The molecule has 2 aromatic carbocycles. The van der Waals surface area contributed by atoms with Crippen LogP contribution in [-0.4, -0.2) is 38.1 Å². The van der Waals surface area contributed by atoms with Gasteiger partial charge in [-0.3, -0.25) is 14.4 Å². The number of halogens is 1. The fourth-order valence-electron chi connectivity index (χ4n) is 3.67. The highest BCUT2D eigenvalue weighted by molar-refractivity contribution is 9.10. The maximum atomic E-state index is 12.9. The van der Waals surface area contributed by atoms with Crippen LogP contribution in [0.25, 0.3) is 0 Å². The number of ether oxygens (including phenoxy) is 3. The molecule has 7 nitrogen and oxygen atoms in total. The Labute approximate surface area is 234 Å². The molecule has 0 radical (unpaired) electrons. The third kappa shape index (κ3) is 9.78. The van der Waals surface area contributed by atoms with Gasteiger partial charge in [-0.2, -0.15) is 0 Å². The lowest BCUT2D eigenvalue weighted by Crippen LogP contribution is -2.35. The number of benzene rings is 2. The summed E-state index contributed by atoms with van der Waals surface area (Å²) in [7, 11) is 1.47. The van der Waals surface area contributed by atoms with E-state index in [0.29, 0.717) is 28.8 Å². The molecule has 0 aromatic heterocycles. The van der Waals surface area contributed by atoms with Gasteiger partial charge in [-0.25, -0.2) is 0 Å². The predicted octanol–water partition coefficient (Wildman–Crippen LogP) is 5.79. The average molecular weight is 591 g/mol. The van der Waals surface area contributed by atoms with Crippen LogP contribution in [0.2, 0.25) is 0 Å². The Hall–Kier alpha value is -2.87. The molecule has 0 heterocycles. The summed E-state index contributed by atoms with van der Waals surface area (Å²) in [6.07, 6.45) is 0.739. The number of methoxy groups -OCH3 is 1. The van der Waals surface area contributed by atoms with E-state index >= 15 is 0 Å². The van der Waals surface area contributed by atoms with Gasteiger partial charge in [0, 0.05) is 23.9 Å². The van der Waals surface area contributed by atoms with E-state index in [2.05, 4.69) is 66.3 Å². The summed E-state index contributed by atoms with van der Waals surface area (Å²) in [5.74, 6) is -0.405. The minimum absolute atomic E-state index is 0.0570. The van der Waals surface area contributed by atoms with Crippen molar-refractivity contribution >= 4 is 33.8 Å². The number of amides is 1. The van der Waals surface area contributed by atoms with Gasteiger partial charge in [-0.05, 0) is 61.4 Å². The van der Waals surface area contributed by atoms with Crippen molar-refractivity contribution in [1.82, 2.24) is 5.32 Å². The lowest BCUT2D eigenvalue weighted by Gasteiger charge is -2.23. The molecule has 0 saturated carbocycles. The Kier molecular flexibility index (Phi) is 10.9. The first-order chi connectivity index (χ1) is 17.6. The molecule has 1 amide bonds. The summed E-state index contributed by atoms with van der Waals surface area (Å²) in [5, 5.41) is 2.98. The van der Waals surface area contributed by atoms with Crippen molar-refractivity contribution in [3.8, 4) is 11.5 Å². The van der Waals surface area contributed by atoms with E-state index in [1.807, 2.05) is 20.8 Å². The number of rotatable bonds is 10. The summed E-state index contributed by atoms with van der Waals surface area (Å²) in [6, 6.07) is 11.7. The van der Waals surface area contributed by atoms with Gasteiger partial charge in [0.2, 0.25) is 5.91 Å². The maximum Gasteiger partial charge on any atom is 0.311 e. The van der Waals surface area contributed by atoms with Crippen molar-refractivity contribution in [1.29, 1.82) is 0 Å². The summed E-state index contributed by atoms with van der Waals surface area (Å²) >= 11 is 3.45. The minimum atomic E-state index is -0.605. The van der Waals surface area contributed by atoms with Gasteiger partial charge in [-0.1, -0.05) is 61.0 Å². The SMILES string of the molecule is COc1cc(CC(=O)NCC(COC(=O)C(C)(C)C)Cc2ccc(C(C)(C)C)cc2)c(Br)cc1OC(C)=O. The van der Waals surface area contributed by atoms with Crippen LogP contribution >= 0.6 is 15.9 Å². The lowest BCUT2D eigenvalue weighted by molar-refractivity contribution is -0.154. The standard InChI is InChI=1S/C30H40BrNO6/c1-19(33)38-26-16-24(31)22(14-25(26)36-8)15-27(34)32-17-21(18-37-28(35)30(5,6)7)13-20-9-11-23(12-10-20)29(2,3)4/h9-12,14,16,21H,13,15,17-18H2,1-8H3,(H,32,34). The molecular weight excluding hydrogens is 550 g/mol. The van der Waals surface area contributed by atoms with Crippen LogP contribution in [0, 0.1) is 11.3 Å². The van der Waals surface area contributed by atoms with Crippen molar-refractivity contribution < 1.29 is 28.6 Å². The molecule has 208 valence electrons. The first-order valence-corrected chi connectivity index (χ1v) is 13.5. The first-order valence-electron chi connectivity index (χ1n) is 12.7. The Morgan fingerprint density at radius 1 is 0.974 bits per heavy atom. The van der Waals surface area contributed by atoms with E-state index in [4.69, 9.17) is 14.2 Å². The first kappa shape index (κ1) is 31.3. The largest absolute Gasteiger partial charge is 0.493 e. The second-order valence-electron chi connectivity index (χ2n) is 11.5. The van der Waals surface area contributed by atoms with Gasteiger partial charge >= 0.3 is 11.9 Å². The van der Waals surface area contributed by atoms with Gasteiger partial charge in [0.1, 0.15) is 0 Å². The summed E-state index contributed by atoms with van der Waals surface area (Å²) in [4.78, 5) is 36.6. The molecule has 0 fully saturated rings. The van der Waals surface area contributed by atoms with Gasteiger partial charge in [0.05, 0.1) is 25.6 Å².